The lowest BCUT2D eigenvalue weighted by atomic mass is 9.83. The number of anilines is 2. The highest BCUT2D eigenvalue weighted by molar-refractivity contribution is 6.00. The molecule has 1 aliphatic heterocycles. The van der Waals surface area contributed by atoms with E-state index in [4.69, 9.17) is 18.9 Å². The van der Waals surface area contributed by atoms with Crippen LogP contribution in [0.1, 0.15) is 24.4 Å². The third kappa shape index (κ3) is 5.20. The predicted molar refractivity (Wildman–Crippen MR) is 137 cm³/mol. The summed E-state index contributed by atoms with van der Waals surface area (Å²) in [5.41, 5.74) is 0.934. The molecule has 8 nitrogen and oxygen atoms in total. The Kier molecular flexibility index (Phi) is 7.99. The predicted octanol–water partition coefficient (Wildman–Crippen LogP) is 5.12. The van der Waals surface area contributed by atoms with E-state index in [2.05, 4.69) is 5.32 Å². The summed E-state index contributed by atoms with van der Waals surface area (Å²) in [6, 6.07) is 12.4. The van der Waals surface area contributed by atoms with Crippen LogP contribution in [0.15, 0.2) is 54.6 Å². The molecule has 1 aliphatic rings. The Balaban J connectivity index is 1.82. The zero-order valence-electron chi connectivity index (χ0n) is 21.4. The molecule has 10 heteroatoms. The molecule has 0 unspecified atom stereocenters. The number of piperidine rings is 1. The molecule has 0 aliphatic carbocycles. The van der Waals surface area contributed by atoms with Gasteiger partial charge in [-0.05, 0) is 36.2 Å². The minimum absolute atomic E-state index is 0.0628. The van der Waals surface area contributed by atoms with Crippen molar-refractivity contribution in [2.45, 2.75) is 18.9 Å². The number of carbonyl (C=O) groups excluding carboxylic acids is 2. The third-order valence-corrected chi connectivity index (χ3v) is 6.51. The summed E-state index contributed by atoms with van der Waals surface area (Å²) in [6.45, 7) is 0. The second kappa shape index (κ2) is 11.4. The normalized spacial score (nSPS) is 17.1. The summed E-state index contributed by atoms with van der Waals surface area (Å²) >= 11 is 0. The fraction of sp³-hybridized carbons (Fsp3) is 0.286. The summed E-state index contributed by atoms with van der Waals surface area (Å²) in [4.78, 5) is 28.5. The fourth-order valence-corrected chi connectivity index (χ4v) is 4.68. The van der Waals surface area contributed by atoms with Crippen LogP contribution in [-0.4, -0.2) is 40.3 Å². The first-order valence-electron chi connectivity index (χ1n) is 11.8. The highest BCUT2D eigenvalue weighted by Crippen LogP contribution is 2.46. The van der Waals surface area contributed by atoms with Gasteiger partial charge in [0.25, 0.3) is 0 Å². The zero-order chi connectivity index (χ0) is 27.4. The van der Waals surface area contributed by atoms with Crippen molar-refractivity contribution in [2.75, 3.05) is 38.7 Å². The molecular weight excluding hydrogens is 498 g/mol. The number of carbonyl (C=O) groups is 2. The summed E-state index contributed by atoms with van der Waals surface area (Å²) in [5.74, 6) is -1.54. The van der Waals surface area contributed by atoms with Crippen molar-refractivity contribution in [3.63, 3.8) is 0 Å². The minimum Gasteiger partial charge on any atom is -0.497 e. The topological polar surface area (TPSA) is 86.3 Å². The van der Waals surface area contributed by atoms with Gasteiger partial charge >= 0.3 is 0 Å². The highest BCUT2D eigenvalue weighted by atomic mass is 19.1. The Bertz CT molecular complexity index is 1310. The van der Waals surface area contributed by atoms with Crippen molar-refractivity contribution in [2.24, 2.45) is 5.92 Å². The van der Waals surface area contributed by atoms with Gasteiger partial charge in [-0.1, -0.05) is 12.1 Å². The minimum atomic E-state index is -0.896. The van der Waals surface area contributed by atoms with Crippen LogP contribution in [0.4, 0.5) is 20.2 Å². The van der Waals surface area contributed by atoms with E-state index < -0.39 is 29.5 Å². The summed E-state index contributed by atoms with van der Waals surface area (Å²) in [7, 11) is 5.94. The van der Waals surface area contributed by atoms with Crippen LogP contribution >= 0.6 is 0 Å². The maximum absolute atomic E-state index is 14.4. The average Bonchev–Trinajstić information content (AvgIpc) is 2.93. The molecule has 2 amide bonds. The molecule has 1 heterocycles. The molecular formula is C28H28F2N2O6. The van der Waals surface area contributed by atoms with Gasteiger partial charge in [-0.3, -0.25) is 9.59 Å². The lowest BCUT2D eigenvalue weighted by molar-refractivity contribution is -0.126. The van der Waals surface area contributed by atoms with Crippen LogP contribution in [0, 0.1) is 17.6 Å². The van der Waals surface area contributed by atoms with Crippen LogP contribution in [-0.2, 0) is 9.59 Å². The maximum Gasteiger partial charge on any atom is 0.230 e. The quantitative estimate of drug-likeness (QED) is 0.439. The molecule has 3 aromatic rings. The van der Waals surface area contributed by atoms with Crippen molar-refractivity contribution in [3.05, 3.63) is 71.8 Å². The Morgan fingerprint density at radius 3 is 2.11 bits per heavy atom. The van der Waals surface area contributed by atoms with E-state index in [0.717, 1.165) is 12.1 Å². The molecule has 0 saturated carbocycles. The lowest BCUT2D eigenvalue weighted by Gasteiger charge is -2.41. The van der Waals surface area contributed by atoms with Gasteiger partial charge in [0.05, 0.1) is 51.8 Å². The molecule has 3 aromatic carbocycles. The smallest absolute Gasteiger partial charge is 0.230 e. The Morgan fingerprint density at radius 1 is 0.895 bits per heavy atom. The molecule has 1 N–H and O–H groups in total. The number of hydrogen-bond acceptors (Lipinski definition) is 6. The Hall–Kier alpha value is -4.34. The first-order valence-corrected chi connectivity index (χ1v) is 11.8. The number of nitrogens with one attached hydrogen (secondary N) is 1. The second-order valence-corrected chi connectivity index (χ2v) is 8.62. The zero-order valence-corrected chi connectivity index (χ0v) is 21.4. The largest absolute Gasteiger partial charge is 0.497 e. The molecule has 0 aromatic heterocycles. The van der Waals surface area contributed by atoms with Gasteiger partial charge in [-0.2, -0.15) is 0 Å². The van der Waals surface area contributed by atoms with Crippen molar-refractivity contribution >= 4 is 23.2 Å². The van der Waals surface area contributed by atoms with Gasteiger partial charge in [0.2, 0.25) is 17.6 Å². The number of nitrogens with zero attached hydrogens (tertiary/aromatic N) is 1. The first-order chi connectivity index (χ1) is 18.3. The second-order valence-electron chi connectivity index (χ2n) is 8.62. The van der Waals surface area contributed by atoms with Gasteiger partial charge in [-0.15, -0.1) is 0 Å². The Labute approximate surface area is 219 Å². The number of hydrogen-bond donors (Lipinski definition) is 1. The van der Waals surface area contributed by atoms with E-state index >= 15 is 0 Å². The van der Waals surface area contributed by atoms with E-state index in [-0.39, 0.29) is 24.4 Å². The van der Waals surface area contributed by atoms with Crippen LogP contribution in [0.3, 0.4) is 0 Å². The first kappa shape index (κ1) is 26.7. The van der Waals surface area contributed by atoms with Gasteiger partial charge in [0, 0.05) is 24.6 Å². The van der Waals surface area contributed by atoms with Gasteiger partial charge in [0.15, 0.2) is 11.5 Å². The van der Waals surface area contributed by atoms with E-state index in [1.807, 2.05) is 0 Å². The number of halogens is 2. The SMILES string of the molecule is COc1ccc([C@H]2[C@H](C(=O)Nc3ccc(F)cc3F)CCC(=O)N2c2cc(OC)c(OC)c(OC)c2)cc1. The molecule has 2 atom stereocenters. The van der Waals surface area contributed by atoms with Crippen molar-refractivity contribution in [3.8, 4) is 23.0 Å². The molecule has 0 bridgehead atoms. The number of rotatable bonds is 8. The van der Waals surface area contributed by atoms with Gasteiger partial charge in [0.1, 0.15) is 17.4 Å². The molecule has 1 saturated heterocycles. The van der Waals surface area contributed by atoms with Crippen LogP contribution in [0.2, 0.25) is 0 Å². The van der Waals surface area contributed by atoms with E-state index in [1.54, 1.807) is 36.4 Å². The van der Waals surface area contributed by atoms with Gasteiger partial charge in [-0.25, -0.2) is 8.78 Å². The number of amides is 2. The molecule has 1 fully saturated rings. The summed E-state index contributed by atoms with van der Waals surface area (Å²) in [5, 5.41) is 2.57. The molecule has 0 radical (unpaired) electrons. The van der Waals surface area contributed by atoms with Crippen molar-refractivity contribution < 1.29 is 37.3 Å². The third-order valence-electron chi connectivity index (χ3n) is 6.51. The number of benzene rings is 3. The van der Waals surface area contributed by atoms with Crippen LogP contribution in [0.25, 0.3) is 0 Å². The molecule has 4 rings (SSSR count). The average molecular weight is 527 g/mol. The summed E-state index contributed by atoms with van der Waals surface area (Å²) in [6.07, 6.45) is 0.276. The lowest BCUT2D eigenvalue weighted by Crippen LogP contribution is -2.47. The Morgan fingerprint density at radius 2 is 1.55 bits per heavy atom. The van der Waals surface area contributed by atoms with Gasteiger partial charge < -0.3 is 29.2 Å². The van der Waals surface area contributed by atoms with Crippen molar-refractivity contribution in [1.29, 1.82) is 0 Å². The monoisotopic (exact) mass is 526 g/mol. The highest BCUT2D eigenvalue weighted by Gasteiger charge is 2.42. The van der Waals surface area contributed by atoms with Crippen molar-refractivity contribution in [1.82, 2.24) is 0 Å². The molecule has 38 heavy (non-hydrogen) atoms. The van der Waals surface area contributed by atoms with Crippen LogP contribution in [0.5, 0.6) is 23.0 Å². The summed E-state index contributed by atoms with van der Waals surface area (Å²) < 4.78 is 49.4. The molecule has 0 spiro atoms. The van der Waals surface area contributed by atoms with E-state index in [0.29, 0.717) is 40.3 Å². The van der Waals surface area contributed by atoms with Crippen LogP contribution < -0.4 is 29.2 Å². The molecule has 200 valence electrons. The number of methoxy groups -OCH3 is 4. The van der Waals surface area contributed by atoms with E-state index in [1.165, 1.54) is 33.3 Å². The standard InChI is InChI=1S/C28H28F2N2O6/c1-35-19-8-5-16(6-9-19)26-20(28(34)31-22-11-7-17(29)13-21(22)30)10-12-25(33)32(26)18-14-23(36-2)27(38-4)24(15-18)37-3/h5-9,11,13-15,20,26H,10,12H2,1-4H3,(H,31,34)/t20-,26+/m1/s1. The number of ether oxygens (including phenoxy) is 4. The maximum atomic E-state index is 14.4. The fourth-order valence-electron chi connectivity index (χ4n) is 4.68. The van der Waals surface area contributed by atoms with E-state index in [9.17, 15) is 18.4 Å².